The number of fused-ring (bicyclic) bond motifs is 2. The Balaban J connectivity index is 1.82. The van der Waals surface area contributed by atoms with Gasteiger partial charge in [-0.15, -0.1) is 4.09 Å². The number of hydrogen-bond acceptors (Lipinski definition) is 8. The zero-order valence-corrected chi connectivity index (χ0v) is 16.7. The van der Waals surface area contributed by atoms with E-state index < -0.39 is 10.0 Å². The first kappa shape index (κ1) is 18.0. The molecule has 0 bridgehead atoms. The molecule has 0 spiro atoms. The molecular weight excluding hydrogens is 394 g/mol. The van der Waals surface area contributed by atoms with E-state index in [2.05, 4.69) is 25.0 Å². The van der Waals surface area contributed by atoms with Gasteiger partial charge in [0.25, 0.3) is 10.0 Å². The fraction of sp³-hybridized carbons (Fsp3) is 0.333. The molecule has 5 rings (SSSR count). The van der Waals surface area contributed by atoms with Crippen LogP contribution in [-0.2, 0) is 14.8 Å². The number of hydrogen-bond donors (Lipinski definition) is 1. The zero-order chi connectivity index (χ0) is 20.2. The number of nitrogens with one attached hydrogen (secondary N) is 1. The average molecular weight is 413 g/mol. The van der Waals surface area contributed by atoms with E-state index in [9.17, 15) is 8.42 Å². The Hall–Kier alpha value is -3.05. The molecule has 29 heavy (non-hydrogen) atoms. The van der Waals surface area contributed by atoms with E-state index in [0.717, 1.165) is 21.3 Å². The van der Waals surface area contributed by atoms with Crippen LogP contribution in [-0.4, -0.2) is 69.6 Å². The first-order valence-corrected chi connectivity index (χ1v) is 11.0. The molecule has 0 aliphatic carbocycles. The molecule has 0 radical (unpaired) electrons. The Morgan fingerprint density at radius 3 is 2.90 bits per heavy atom. The highest BCUT2D eigenvalue weighted by Crippen LogP contribution is 2.32. The molecule has 1 N–H and O–H groups in total. The number of H-pyrrole nitrogens is 1. The number of nitrogens with zero attached hydrogens (tertiary/aromatic N) is 6. The van der Waals surface area contributed by atoms with Crippen LogP contribution in [0.5, 0.6) is 0 Å². The van der Waals surface area contributed by atoms with Crippen LogP contribution in [0, 0.1) is 0 Å². The van der Waals surface area contributed by atoms with Gasteiger partial charge in [0.15, 0.2) is 11.5 Å². The number of ether oxygens (including phenoxy) is 1. The van der Waals surface area contributed by atoms with Crippen molar-refractivity contribution in [3.63, 3.8) is 0 Å². The Morgan fingerprint density at radius 2 is 2.10 bits per heavy atom. The molecule has 0 saturated carbocycles. The lowest BCUT2D eigenvalue weighted by molar-refractivity contribution is 0.0987. The molecule has 150 valence electrons. The summed E-state index contributed by atoms with van der Waals surface area (Å²) in [6.45, 7) is 3.83. The summed E-state index contributed by atoms with van der Waals surface area (Å²) in [4.78, 5) is 18.9. The summed E-state index contributed by atoms with van der Waals surface area (Å²) in [6.07, 6.45) is 6.09. The molecule has 0 unspecified atom stereocenters. The predicted molar refractivity (Wildman–Crippen MR) is 108 cm³/mol. The van der Waals surface area contributed by atoms with Crippen molar-refractivity contribution in [1.82, 2.24) is 29.1 Å². The molecule has 1 aliphatic rings. The van der Waals surface area contributed by atoms with Crippen LogP contribution in [0.2, 0.25) is 0 Å². The number of aromatic nitrogens is 6. The summed E-state index contributed by atoms with van der Waals surface area (Å²) < 4.78 is 31.0. The standard InChI is InChI=1S/C18H19N7O3S/c1-11-10-28-8-7-24(11)17-14-9-21-25(29(2,26)27)18(14)23-16(22-17)13-4-6-20-15-12(13)3-5-19-15/h3-6,9,11H,7-8,10H2,1-2H3,(H,19,20)/t11-/m1/s1. The zero-order valence-electron chi connectivity index (χ0n) is 15.9. The molecule has 4 aromatic heterocycles. The molecule has 1 atom stereocenters. The second-order valence-electron chi connectivity index (χ2n) is 7.07. The molecule has 0 aromatic carbocycles. The SMILES string of the molecule is C[C@@H]1COCCN1c1nc(-c2ccnc3[nH]ccc23)nc2c1cnn2S(C)(=O)=O. The molecule has 5 heterocycles. The number of rotatable bonds is 3. The van der Waals surface area contributed by atoms with Gasteiger partial charge in [-0.2, -0.15) is 5.10 Å². The average Bonchev–Trinajstić information content (AvgIpc) is 3.34. The van der Waals surface area contributed by atoms with Gasteiger partial charge in [0.2, 0.25) is 0 Å². The molecule has 0 amide bonds. The highest BCUT2D eigenvalue weighted by molar-refractivity contribution is 7.89. The molecular formula is C18H19N7O3S. The lowest BCUT2D eigenvalue weighted by Gasteiger charge is -2.34. The highest BCUT2D eigenvalue weighted by atomic mass is 32.2. The van der Waals surface area contributed by atoms with E-state index in [0.29, 0.717) is 42.4 Å². The van der Waals surface area contributed by atoms with Crippen molar-refractivity contribution in [1.29, 1.82) is 0 Å². The lowest BCUT2D eigenvalue weighted by Crippen LogP contribution is -2.44. The van der Waals surface area contributed by atoms with Gasteiger partial charge in [0.05, 0.1) is 37.1 Å². The van der Waals surface area contributed by atoms with Gasteiger partial charge >= 0.3 is 0 Å². The van der Waals surface area contributed by atoms with E-state index in [4.69, 9.17) is 9.72 Å². The Morgan fingerprint density at radius 1 is 1.24 bits per heavy atom. The smallest absolute Gasteiger partial charge is 0.252 e. The van der Waals surface area contributed by atoms with E-state index in [-0.39, 0.29) is 11.7 Å². The van der Waals surface area contributed by atoms with Crippen LogP contribution in [0.1, 0.15) is 6.92 Å². The first-order valence-electron chi connectivity index (χ1n) is 9.16. The van der Waals surface area contributed by atoms with Crippen molar-refractivity contribution in [3.8, 4) is 11.4 Å². The predicted octanol–water partition coefficient (Wildman–Crippen LogP) is 1.40. The fourth-order valence-electron chi connectivity index (χ4n) is 3.65. The van der Waals surface area contributed by atoms with Crippen LogP contribution in [0.4, 0.5) is 5.82 Å². The topological polar surface area (TPSA) is 119 Å². The minimum absolute atomic E-state index is 0.0843. The van der Waals surface area contributed by atoms with Gasteiger partial charge in [-0.05, 0) is 19.1 Å². The van der Waals surface area contributed by atoms with Crippen LogP contribution >= 0.6 is 0 Å². The lowest BCUT2D eigenvalue weighted by atomic mass is 10.1. The maximum Gasteiger partial charge on any atom is 0.252 e. The van der Waals surface area contributed by atoms with Gasteiger partial charge in [-0.1, -0.05) is 0 Å². The normalized spacial score (nSPS) is 18.0. The second-order valence-corrected chi connectivity index (χ2v) is 8.89. The molecule has 1 saturated heterocycles. The summed E-state index contributed by atoms with van der Waals surface area (Å²) >= 11 is 0. The van der Waals surface area contributed by atoms with Crippen molar-refractivity contribution >= 4 is 37.9 Å². The summed E-state index contributed by atoms with van der Waals surface area (Å²) in [6, 6.07) is 3.81. The third-order valence-electron chi connectivity index (χ3n) is 5.03. The monoisotopic (exact) mass is 413 g/mol. The Kier molecular flexibility index (Phi) is 4.03. The van der Waals surface area contributed by atoms with Gasteiger partial charge in [0.1, 0.15) is 11.5 Å². The summed E-state index contributed by atoms with van der Waals surface area (Å²) in [5, 5.41) is 5.53. The fourth-order valence-corrected chi connectivity index (χ4v) is 4.32. The van der Waals surface area contributed by atoms with Crippen molar-refractivity contribution in [3.05, 3.63) is 30.7 Å². The number of morpholine rings is 1. The molecule has 10 nitrogen and oxygen atoms in total. The minimum Gasteiger partial charge on any atom is -0.377 e. The van der Waals surface area contributed by atoms with Crippen molar-refractivity contribution in [2.24, 2.45) is 0 Å². The Bertz CT molecular complexity index is 1330. The Labute approximate surface area is 166 Å². The largest absolute Gasteiger partial charge is 0.377 e. The van der Waals surface area contributed by atoms with Gasteiger partial charge < -0.3 is 14.6 Å². The van der Waals surface area contributed by atoms with Crippen LogP contribution in [0.25, 0.3) is 33.5 Å². The van der Waals surface area contributed by atoms with Crippen molar-refractivity contribution in [2.75, 3.05) is 30.9 Å². The summed E-state index contributed by atoms with van der Waals surface area (Å²) in [5.41, 5.74) is 1.73. The number of aromatic amines is 1. The van der Waals surface area contributed by atoms with Crippen LogP contribution < -0.4 is 4.90 Å². The van der Waals surface area contributed by atoms with Crippen molar-refractivity contribution < 1.29 is 13.2 Å². The molecule has 4 aromatic rings. The quantitative estimate of drug-likeness (QED) is 0.535. The number of anilines is 1. The second kappa shape index (κ2) is 6.49. The summed E-state index contributed by atoms with van der Waals surface area (Å²) in [5.74, 6) is 1.07. The van der Waals surface area contributed by atoms with E-state index in [1.165, 1.54) is 6.20 Å². The van der Waals surface area contributed by atoms with Gasteiger partial charge in [0, 0.05) is 29.9 Å². The van der Waals surface area contributed by atoms with E-state index >= 15 is 0 Å². The maximum atomic E-state index is 12.3. The molecule has 11 heteroatoms. The van der Waals surface area contributed by atoms with E-state index in [1.54, 1.807) is 12.4 Å². The summed E-state index contributed by atoms with van der Waals surface area (Å²) in [7, 11) is -3.62. The third-order valence-corrected chi connectivity index (χ3v) is 5.93. The highest BCUT2D eigenvalue weighted by Gasteiger charge is 2.26. The van der Waals surface area contributed by atoms with Crippen LogP contribution in [0.15, 0.2) is 30.7 Å². The molecule has 1 aliphatic heterocycles. The maximum absolute atomic E-state index is 12.3. The van der Waals surface area contributed by atoms with Gasteiger partial charge in [-0.3, -0.25) is 0 Å². The van der Waals surface area contributed by atoms with Crippen molar-refractivity contribution in [2.45, 2.75) is 13.0 Å². The third kappa shape index (κ3) is 2.93. The molecule has 1 fully saturated rings. The minimum atomic E-state index is -3.62. The first-order chi connectivity index (χ1) is 13.9. The number of pyridine rings is 1. The van der Waals surface area contributed by atoms with E-state index in [1.807, 2.05) is 19.1 Å². The van der Waals surface area contributed by atoms with Crippen LogP contribution in [0.3, 0.4) is 0 Å². The van der Waals surface area contributed by atoms with Gasteiger partial charge in [-0.25, -0.2) is 23.4 Å².